The predicted molar refractivity (Wildman–Crippen MR) is 81.7 cm³/mol. The molecule has 106 valence electrons. The predicted octanol–water partition coefficient (Wildman–Crippen LogP) is 3.93. The second-order valence-corrected chi connectivity index (χ2v) is 6.50. The Balaban J connectivity index is 2.18. The van der Waals surface area contributed by atoms with Crippen LogP contribution in [0.25, 0.3) is 11.4 Å². The smallest absolute Gasteiger partial charge is 0.160 e. The highest BCUT2D eigenvalue weighted by Gasteiger charge is 2.10. The highest BCUT2D eigenvalue weighted by molar-refractivity contribution is 9.10. The third-order valence-electron chi connectivity index (χ3n) is 2.70. The Morgan fingerprint density at radius 1 is 1.20 bits per heavy atom. The van der Waals surface area contributed by atoms with E-state index in [1.807, 2.05) is 0 Å². The molecular formula is C15H17BrFN3. The van der Waals surface area contributed by atoms with E-state index in [2.05, 4.69) is 52.0 Å². The maximum absolute atomic E-state index is 13.3. The van der Waals surface area contributed by atoms with E-state index in [0.29, 0.717) is 17.9 Å². The van der Waals surface area contributed by atoms with Gasteiger partial charge in [0.2, 0.25) is 0 Å². The van der Waals surface area contributed by atoms with Gasteiger partial charge in [-0.15, -0.1) is 0 Å². The molecule has 0 radical (unpaired) electrons. The second kappa shape index (κ2) is 5.97. The molecule has 0 fully saturated rings. The highest BCUT2D eigenvalue weighted by Crippen LogP contribution is 2.26. The first-order valence-corrected chi connectivity index (χ1v) is 7.16. The lowest BCUT2D eigenvalue weighted by Crippen LogP contribution is -2.35. The third kappa shape index (κ3) is 4.08. The summed E-state index contributed by atoms with van der Waals surface area (Å²) in [5.41, 5.74) is 1.70. The van der Waals surface area contributed by atoms with Crippen LogP contribution in [0.1, 0.15) is 26.3 Å². The summed E-state index contributed by atoms with van der Waals surface area (Å²) in [6.07, 6.45) is 3.52. The van der Waals surface area contributed by atoms with Gasteiger partial charge < -0.3 is 5.32 Å². The van der Waals surface area contributed by atoms with Crippen molar-refractivity contribution in [2.75, 3.05) is 0 Å². The molecule has 0 saturated carbocycles. The summed E-state index contributed by atoms with van der Waals surface area (Å²) in [4.78, 5) is 8.61. The summed E-state index contributed by atoms with van der Waals surface area (Å²) in [6.45, 7) is 7.01. The maximum Gasteiger partial charge on any atom is 0.160 e. The van der Waals surface area contributed by atoms with Crippen LogP contribution in [0.15, 0.2) is 35.1 Å². The summed E-state index contributed by atoms with van der Waals surface area (Å²) in [5.74, 6) is 0.209. The van der Waals surface area contributed by atoms with Gasteiger partial charge >= 0.3 is 0 Å². The Hall–Kier alpha value is -1.33. The maximum atomic E-state index is 13.3. The van der Waals surface area contributed by atoms with Gasteiger partial charge in [-0.25, -0.2) is 14.4 Å². The Bertz CT molecular complexity index is 591. The molecule has 0 unspecified atom stereocenters. The lowest BCUT2D eigenvalue weighted by atomic mass is 10.1. The van der Waals surface area contributed by atoms with Gasteiger partial charge in [-0.05, 0) is 39.0 Å². The molecule has 2 rings (SSSR count). The first-order valence-electron chi connectivity index (χ1n) is 6.36. The van der Waals surface area contributed by atoms with Crippen molar-refractivity contribution in [3.05, 3.63) is 46.4 Å². The molecular weight excluding hydrogens is 321 g/mol. The number of hydrogen-bond acceptors (Lipinski definition) is 3. The van der Waals surface area contributed by atoms with E-state index < -0.39 is 0 Å². The van der Waals surface area contributed by atoms with Gasteiger partial charge in [-0.2, -0.15) is 0 Å². The fourth-order valence-electron chi connectivity index (χ4n) is 1.62. The summed E-state index contributed by atoms with van der Waals surface area (Å²) in [5, 5.41) is 3.37. The standard InChI is InChI=1S/C15H17BrFN3/c1-15(2,3)20-9-10-7-18-14(19-8-10)12-6-11(17)4-5-13(12)16/h4-8,20H,9H2,1-3H3. The molecule has 5 heteroatoms. The van der Waals surface area contributed by atoms with Crippen molar-refractivity contribution in [2.24, 2.45) is 0 Å². The van der Waals surface area contributed by atoms with Gasteiger partial charge in [0.15, 0.2) is 5.82 Å². The molecule has 0 amide bonds. The number of benzene rings is 1. The molecule has 0 aliphatic heterocycles. The number of nitrogens with zero attached hydrogens (tertiary/aromatic N) is 2. The summed E-state index contributed by atoms with van der Waals surface area (Å²) in [7, 11) is 0. The average molecular weight is 338 g/mol. The molecule has 0 atom stereocenters. The van der Waals surface area contributed by atoms with Crippen molar-refractivity contribution < 1.29 is 4.39 Å². The van der Waals surface area contributed by atoms with Crippen LogP contribution in [0.2, 0.25) is 0 Å². The van der Waals surface area contributed by atoms with E-state index in [0.717, 1.165) is 10.0 Å². The number of aromatic nitrogens is 2. The largest absolute Gasteiger partial charge is 0.308 e. The molecule has 3 nitrogen and oxygen atoms in total. The van der Waals surface area contributed by atoms with Crippen molar-refractivity contribution in [1.82, 2.24) is 15.3 Å². The van der Waals surface area contributed by atoms with E-state index in [9.17, 15) is 4.39 Å². The van der Waals surface area contributed by atoms with Crippen LogP contribution < -0.4 is 5.32 Å². The summed E-state index contributed by atoms with van der Waals surface area (Å²) in [6, 6.07) is 4.48. The zero-order chi connectivity index (χ0) is 14.8. The number of hydrogen-bond donors (Lipinski definition) is 1. The fraction of sp³-hybridized carbons (Fsp3) is 0.333. The molecule has 0 aliphatic carbocycles. The molecule has 2 aromatic rings. The lowest BCUT2D eigenvalue weighted by Gasteiger charge is -2.20. The molecule has 1 aromatic heterocycles. The van der Waals surface area contributed by atoms with Crippen LogP contribution in [-0.4, -0.2) is 15.5 Å². The lowest BCUT2D eigenvalue weighted by molar-refractivity contribution is 0.423. The van der Waals surface area contributed by atoms with Crippen molar-refractivity contribution in [1.29, 1.82) is 0 Å². The minimum Gasteiger partial charge on any atom is -0.308 e. The molecule has 0 spiro atoms. The van der Waals surface area contributed by atoms with Crippen LogP contribution in [0.4, 0.5) is 4.39 Å². The van der Waals surface area contributed by atoms with Gasteiger partial charge in [0.25, 0.3) is 0 Å². The number of nitrogens with one attached hydrogen (secondary N) is 1. The first-order chi connectivity index (χ1) is 9.35. The van der Waals surface area contributed by atoms with Crippen molar-refractivity contribution in [2.45, 2.75) is 32.9 Å². The second-order valence-electron chi connectivity index (χ2n) is 5.64. The summed E-state index contributed by atoms with van der Waals surface area (Å²) >= 11 is 3.38. The van der Waals surface area contributed by atoms with E-state index in [1.54, 1.807) is 18.5 Å². The molecule has 1 heterocycles. The van der Waals surface area contributed by atoms with Gasteiger partial charge in [0, 0.05) is 40.1 Å². The molecule has 1 N–H and O–H groups in total. The Labute approximate surface area is 126 Å². The van der Waals surface area contributed by atoms with Gasteiger partial charge in [0.05, 0.1) is 0 Å². The Morgan fingerprint density at radius 3 is 2.45 bits per heavy atom. The minimum atomic E-state index is -0.301. The molecule has 0 aliphatic rings. The topological polar surface area (TPSA) is 37.8 Å². The SMILES string of the molecule is CC(C)(C)NCc1cnc(-c2cc(F)ccc2Br)nc1. The molecule has 0 saturated heterocycles. The Kier molecular flexibility index (Phi) is 4.50. The molecule has 1 aromatic carbocycles. The fourth-order valence-corrected chi connectivity index (χ4v) is 2.05. The quantitative estimate of drug-likeness (QED) is 0.921. The highest BCUT2D eigenvalue weighted by atomic mass is 79.9. The number of halogens is 2. The monoisotopic (exact) mass is 337 g/mol. The van der Waals surface area contributed by atoms with Gasteiger partial charge in [-0.1, -0.05) is 15.9 Å². The summed E-state index contributed by atoms with van der Waals surface area (Å²) < 4.78 is 14.1. The van der Waals surface area contributed by atoms with E-state index in [-0.39, 0.29) is 11.4 Å². The average Bonchev–Trinajstić information content (AvgIpc) is 2.39. The van der Waals surface area contributed by atoms with Crippen molar-refractivity contribution in [3.63, 3.8) is 0 Å². The normalized spacial score (nSPS) is 11.7. The third-order valence-corrected chi connectivity index (χ3v) is 3.39. The first kappa shape index (κ1) is 15.1. The van der Waals surface area contributed by atoms with Crippen LogP contribution in [0.5, 0.6) is 0 Å². The zero-order valence-electron chi connectivity index (χ0n) is 11.7. The number of rotatable bonds is 3. The van der Waals surface area contributed by atoms with Crippen molar-refractivity contribution >= 4 is 15.9 Å². The van der Waals surface area contributed by atoms with E-state index in [1.165, 1.54) is 12.1 Å². The van der Waals surface area contributed by atoms with Crippen LogP contribution in [0.3, 0.4) is 0 Å². The Morgan fingerprint density at radius 2 is 1.85 bits per heavy atom. The molecule has 0 bridgehead atoms. The van der Waals surface area contributed by atoms with Crippen LogP contribution in [-0.2, 0) is 6.54 Å². The van der Waals surface area contributed by atoms with E-state index >= 15 is 0 Å². The van der Waals surface area contributed by atoms with Crippen LogP contribution >= 0.6 is 15.9 Å². The van der Waals surface area contributed by atoms with Crippen LogP contribution in [0, 0.1) is 5.82 Å². The van der Waals surface area contributed by atoms with Crippen molar-refractivity contribution in [3.8, 4) is 11.4 Å². The van der Waals surface area contributed by atoms with Gasteiger partial charge in [0.1, 0.15) is 5.82 Å². The molecule has 20 heavy (non-hydrogen) atoms. The minimum absolute atomic E-state index is 0.0459. The van der Waals surface area contributed by atoms with E-state index in [4.69, 9.17) is 0 Å². The zero-order valence-corrected chi connectivity index (χ0v) is 13.3. The van der Waals surface area contributed by atoms with Gasteiger partial charge in [-0.3, -0.25) is 0 Å².